The first-order valence-corrected chi connectivity index (χ1v) is 9.25. The number of anilines is 1. The fourth-order valence-corrected chi connectivity index (χ4v) is 3.03. The topological polar surface area (TPSA) is 112 Å². The van der Waals surface area contributed by atoms with E-state index in [0.717, 1.165) is 17.2 Å². The smallest absolute Gasteiger partial charge is 0.416 e. The van der Waals surface area contributed by atoms with Gasteiger partial charge in [-0.2, -0.15) is 13.2 Å². The number of carbonyl (C=O) groups is 1. The Morgan fingerprint density at radius 1 is 1.19 bits per heavy atom. The summed E-state index contributed by atoms with van der Waals surface area (Å²) in [5.74, 6) is -0.829. The first kappa shape index (κ1) is 22.8. The number of nitrogens with zero attached hydrogens (tertiary/aromatic N) is 1. The van der Waals surface area contributed by atoms with Gasteiger partial charge >= 0.3 is 17.8 Å². The van der Waals surface area contributed by atoms with E-state index in [1.165, 1.54) is 6.07 Å². The molecule has 2 aromatic carbocycles. The highest BCUT2D eigenvalue weighted by Crippen LogP contribution is 2.35. The molecule has 1 heterocycles. The number of ether oxygens (including phenoxy) is 1. The van der Waals surface area contributed by atoms with Gasteiger partial charge in [0, 0.05) is 23.1 Å². The molecule has 0 saturated heterocycles. The zero-order valence-electron chi connectivity index (χ0n) is 16.9. The maximum atomic E-state index is 12.8. The summed E-state index contributed by atoms with van der Waals surface area (Å²) in [5.41, 5.74) is -0.424. The van der Waals surface area contributed by atoms with E-state index in [1.54, 1.807) is 13.0 Å². The Kier molecular flexibility index (Phi) is 6.19. The van der Waals surface area contributed by atoms with Crippen molar-refractivity contribution < 1.29 is 32.0 Å². The van der Waals surface area contributed by atoms with Crippen LogP contribution in [0.5, 0.6) is 0 Å². The molecule has 0 unspecified atom stereocenters. The van der Waals surface area contributed by atoms with Gasteiger partial charge < -0.3 is 14.5 Å². The molecule has 0 saturated carbocycles. The number of nitrogens with one attached hydrogen (secondary N) is 1. The Balaban J connectivity index is 1.72. The minimum Gasteiger partial charge on any atom is -0.459 e. The molecule has 0 aliphatic rings. The number of esters is 1. The van der Waals surface area contributed by atoms with E-state index < -0.39 is 40.5 Å². The molecule has 0 amide bonds. The van der Waals surface area contributed by atoms with Gasteiger partial charge in [0.15, 0.2) is 0 Å². The Morgan fingerprint density at radius 2 is 1.91 bits per heavy atom. The molecule has 0 spiro atoms. The van der Waals surface area contributed by atoms with Crippen LogP contribution in [-0.4, -0.2) is 17.4 Å². The molecular formula is C21H17F3N2O6. The number of halogens is 3. The van der Waals surface area contributed by atoms with Crippen LogP contribution in [0.4, 0.5) is 24.5 Å². The van der Waals surface area contributed by atoms with Gasteiger partial charge in [0.2, 0.25) is 0 Å². The molecule has 0 aliphatic heterocycles. The average Bonchev–Trinajstić information content (AvgIpc) is 2.72. The third-order valence-electron chi connectivity index (χ3n) is 4.85. The van der Waals surface area contributed by atoms with Gasteiger partial charge in [-0.25, -0.2) is 4.79 Å². The van der Waals surface area contributed by atoms with Gasteiger partial charge in [-0.05, 0) is 37.1 Å². The third-order valence-corrected chi connectivity index (χ3v) is 4.85. The Hall–Kier alpha value is -3.89. The van der Waals surface area contributed by atoms with Crippen molar-refractivity contribution in [2.75, 3.05) is 11.9 Å². The monoisotopic (exact) mass is 450 g/mol. The molecule has 0 bridgehead atoms. The van der Waals surface area contributed by atoms with Crippen molar-refractivity contribution in [2.24, 2.45) is 0 Å². The maximum Gasteiger partial charge on any atom is 0.416 e. The highest BCUT2D eigenvalue weighted by Gasteiger charge is 2.33. The van der Waals surface area contributed by atoms with Crippen molar-refractivity contribution in [3.05, 3.63) is 79.2 Å². The van der Waals surface area contributed by atoms with E-state index in [4.69, 9.17) is 9.15 Å². The van der Waals surface area contributed by atoms with Crippen LogP contribution in [0.2, 0.25) is 0 Å². The molecule has 0 aliphatic carbocycles. The van der Waals surface area contributed by atoms with Crippen molar-refractivity contribution in [1.29, 1.82) is 0 Å². The lowest BCUT2D eigenvalue weighted by Crippen LogP contribution is -2.18. The molecule has 3 rings (SSSR count). The lowest BCUT2D eigenvalue weighted by atomic mass is 10.0. The number of alkyl halides is 3. The summed E-state index contributed by atoms with van der Waals surface area (Å²) in [7, 11) is 0. The second-order valence-electron chi connectivity index (χ2n) is 6.98. The molecule has 0 fully saturated rings. The normalized spacial score (nSPS) is 11.4. The number of hydrogen-bond donors (Lipinski definition) is 1. The SMILES string of the molecule is Cc1ccc2c(COC(=O)CNc3ccc(C(F)(F)F)cc3[N+](=O)[O-])cc(=O)oc2c1C. The van der Waals surface area contributed by atoms with Crippen molar-refractivity contribution in [2.45, 2.75) is 26.6 Å². The summed E-state index contributed by atoms with van der Waals surface area (Å²) in [6.45, 7) is 2.84. The molecule has 0 radical (unpaired) electrons. The van der Waals surface area contributed by atoms with Gasteiger partial charge in [-0.3, -0.25) is 14.9 Å². The molecule has 3 aromatic rings. The van der Waals surface area contributed by atoms with Gasteiger partial charge in [0.25, 0.3) is 5.69 Å². The van der Waals surface area contributed by atoms with E-state index in [2.05, 4.69) is 5.32 Å². The van der Waals surface area contributed by atoms with Crippen LogP contribution >= 0.6 is 0 Å². The molecule has 8 nitrogen and oxygen atoms in total. The fourth-order valence-electron chi connectivity index (χ4n) is 3.03. The van der Waals surface area contributed by atoms with E-state index >= 15 is 0 Å². The van der Waals surface area contributed by atoms with Crippen molar-refractivity contribution >= 4 is 28.3 Å². The largest absolute Gasteiger partial charge is 0.459 e. The highest BCUT2D eigenvalue weighted by molar-refractivity contribution is 5.84. The average molecular weight is 450 g/mol. The van der Waals surface area contributed by atoms with E-state index in [9.17, 15) is 32.9 Å². The molecular weight excluding hydrogens is 433 g/mol. The van der Waals surface area contributed by atoms with Crippen LogP contribution in [0.15, 0.2) is 45.6 Å². The molecule has 1 aromatic heterocycles. The maximum absolute atomic E-state index is 12.8. The molecule has 0 atom stereocenters. The number of aryl methyl sites for hydroxylation is 2. The molecule has 1 N–H and O–H groups in total. The molecule has 32 heavy (non-hydrogen) atoms. The van der Waals surface area contributed by atoms with Crippen molar-refractivity contribution in [1.82, 2.24) is 0 Å². The van der Waals surface area contributed by atoms with Gasteiger partial charge in [-0.1, -0.05) is 12.1 Å². The van der Waals surface area contributed by atoms with Crippen molar-refractivity contribution in [3.63, 3.8) is 0 Å². The number of nitro benzene ring substituents is 1. The first-order valence-electron chi connectivity index (χ1n) is 9.25. The van der Waals surface area contributed by atoms with Crippen LogP contribution < -0.4 is 10.9 Å². The lowest BCUT2D eigenvalue weighted by Gasteiger charge is -2.11. The van der Waals surface area contributed by atoms with Crippen LogP contribution in [0, 0.1) is 24.0 Å². The van der Waals surface area contributed by atoms with Crippen LogP contribution in [0.3, 0.4) is 0 Å². The number of benzene rings is 2. The second-order valence-corrected chi connectivity index (χ2v) is 6.98. The number of hydrogen-bond acceptors (Lipinski definition) is 7. The first-order chi connectivity index (χ1) is 15.0. The summed E-state index contributed by atoms with van der Waals surface area (Å²) in [6, 6.07) is 6.67. The van der Waals surface area contributed by atoms with Gasteiger partial charge in [0.05, 0.1) is 10.5 Å². The Labute approximate surface area is 178 Å². The second kappa shape index (κ2) is 8.69. The minimum atomic E-state index is -4.75. The van der Waals surface area contributed by atoms with Crippen molar-refractivity contribution in [3.8, 4) is 0 Å². The van der Waals surface area contributed by atoms with Gasteiger partial charge in [0.1, 0.15) is 24.4 Å². The summed E-state index contributed by atoms with van der Waals surface area (Å²) in [4.78, 5) is 34.1. The summed E-state index contributed by atoms with van der Waals surface area (Å²) in [6.07, 6.45) is -4.75. The summed E-state index contributed by atoms with van der Waals surface area (Å²) < 4.78 is 48.7. The van der Waals surface area contributed by atoms with Gasteiger partial charge in [-0.15, -0.1) is 0 Å². The van der Waals surface area contributed by atoms with E-state index in [-0.39, 0.29) is 12.3 Å². The fraction of sp³-hybridized carbons (Fsp3) is 0.238. The van der Waals surface area contributed by atoms with Crippen LogP contribution in [0.1, 0.15) is 22.3 Å². The quantitative estimate of drug-likeness (QED) is 0.255. The summed E-state index contributed by atoms with van der Waals surface area (Å²) >= 11 is 0. The predicted octanol–water partition coefficient (Wildman–Crippen LogP) is 4.49. The summed E-state index contributed by atoms with van der Waals surface area (Å²) in [5, 5.41) is 14.1. The molecule has 11 heteroatoms. The van der Waals surface area contributed by atoms with E-state index in [0.29, 0.717) is 28.7 Å². The number of carbonyl (C=O) groups excluding carboxylic acids is 1. The zero-order valence-corrected chi connectivity index (χ0v) is 16.9. The zero-order chi connectivity index (χ0) is 23.6. The Bertz CT molecular complexity index is 1270. The highest BCUT2D eigenvalue weighted by atomic mass is 19.4. The number of fused-ring (bicyclic) bond motifs is 1. The number of nitro groups is 1. The standard InChI is InChI=1S/C21H17F3N2O6/c1-11-3-5-15-13(7-18(27)32-20(15)12(11)2)10-31-19(28)9-25-16-6-4-14(21(22,23)24)8-17(16)26(29)30/h3-8,25H,9-10H2,1-2H3. The number of rotatable bonds is 6. The Morgan fingerprint density at radius 3 is 2.56 bits per heavy atom. The lowest BCUT2D eigenvalue weighted by molar-refractivity contribution is -0.384. The third kappa shape index (κ3) is 4.88. The molecule has 168 valence electrons. The van der Waals surface area contributed by atoms with Crippen LogP contribution in [0.25, 0.3) is 11.0 Å². The van der Waals surface area contributed by atoms with E-state index in [1.807, 2.05) is 13.0 Å². The van der Waals surface area contributed by atoms with Crippen LogP contribution in [-0.2, 0) is 22.3 Å². The predicted molar refractivity (Wildman–Crippen MR) is 108 cm³/mol. The minimum absolute atomic E-state index is 0.264.